The molecular formula is C16H24N2O2. The van der Waals surface area contributed by atoms with Gasteiger partial charge >= 0.3 is 0 Å². The van der Waals surface area contributed by atoms with Crippen molar-refractivity contribution < 1.29 is 9.53 Å². The van der Waals surface area contributed by atoms with Gasteiger partial charge in [0, 0.05) is 26.7 Å². The number of ether oxygens (including phenoxy) is 1. The average Bonchev–Trinajstić information content (AvgIpc) is 2.41. The Morgan fingerprint density at radius 1 is 1.45 bits per heavy atom. The number of hydrogen-bond acceptors (Lipinski definition) is 3. The van der Waals surface area contributed by atoms with Crippen LogP contribution in [0.2, 0.25) is 0 Å². The molecule has 0 aromatic heterocycles. The molecule has 1 aromatic carbocycles. The van der Waals surface area contributed by atoms with E-state index in [0.717, 1.165) is 19.7 Å². The molecule has 0 bridgehead atoms. The molecule has 4 heteroatoms. The van der Waals surface area contributed by atoms with Gasteiger partial charge in [-0.1, -0.05) is 24.3 Å². The largest absolute Gasteiger partial charge is 0.376 e. The maximum absolute atomic E-state index is 12.3. The van der Waals surface area contributed by atoms with Gasteiger partial charge in [-0.3, -0.25) is 9.69 Å². The van der Waals surface area contributed by atoms with Gasteiger partial charge in [0.1, 0.15) is 0 Å². The standard InChI is InChI=1S/C16H24N2O2/c1-13-6-4-5-7-15(13)11-17(3)16(19)12-18-8-9-20-14(2)10-18/h4-7,14H,8-12H2,1-3H3. The number of carbonyl (C=O) groups is 1. The smallest absolute Gasteiger partial charge is 0.236 e. The van der Waals surface area contributed by atoms with Crippen molar-refractivity contribution in [3.05, 3.63) is 35.4 Å². The highest BCUT2D eigenvalue weighted by Gasteiger charge is 2.20. The van der Waals surface area contributed by atoms with Crippen LogP contribution >= 0.6 is 0 Å². The monoisotopic (exact) mass is 276 g/mol. The van der Waals surface area contributed by atoms with Crippen molar-refractivity contribution >= 4 is 5.91 Å². The third-order valence-electron chi connectivity index (χ3n) is 3.78. The molecule has 1 aliphatic rings. The number of aryl methyl sites for hydroxylation is 1. The van der Waals surface area contributed by atoms with Crippen LogP contribution in [0.5, 0.6) is 0 Å². The van der Waals surface area contributed by atoms with Crippen LogP contribution in [0.1, 0.15) is 18.1 Å². The van der Waals surface area contributed by atoms with Crippen LogP contribution in [-0.2, 0) is 16.1 Å². The molecule has 1 aromatic rings. The maximum atomic E-state index is 12.3. The van der Waals surface area contributed by atoms with E-state index in [4.69, 9.17) is 4.74 Å². The van der Waals surface area contributed by atoms with Gasteiger partial charge in [0.2, 0.25) is 5.91 Å². The van der Waals surface area contributed by atoms with Crippen LogP contribution in [0.4, 0.5) is 0 Å². The van der Waals surface area contributed by atoms with E-state index < -0.39 is 0 Å². The van der Waals surface area contributed by atoms with Gasteiger partial charge in [-0.25, -0.2) is 0 Å². The lowest BCUT2D eigenvalue weighted by atomic mass is 10.1. The normalized spacial score (nSPS) is 19.9. The fourth-order valence-corrected chi connectivity index (χ4v) is 2.48. The molecule has 1 unspecified atom stereocenters. The minimum absolute atomic E-state index is 0.169. The van der Waals surface area contributed by atoms with Crippen LogP contribution in [-0.4, -0.2) is 55.1 Å². The summed E-state index contributed by atoms with van der Waals surface area (Å²) in [5.74, 6) is 0.169. The lowest BCUT2D eigenvalue weighted by Crippen LogP contribution is -2.46. The Morgan fingerprint density at radius 3 is 2.90 bits per heavy atom. The van der Waals surface area contributed by atoms with Gasteiger partial charge in [-0.05, 0) is 25.0 Å². The van der Waals surface area contributed by atoms with Gasteiger partial charge in [0.05, 0.1) is 19.3 Å². The van der Waals surface area contributed by atoms with Crippen molar-refractivity contribution in [2.75, 3.05) is 33.3 Å². The number of morpholine rings is 1. The van der Waals surface area contributed by atoms with Gasteiger partial charge in [-0.2, -0.15) is 0 Å². The summed E-state index contributed by atoms with van der Waals surface area (Å²) >= 11 is 0. The molecule has 0 saturated carbocycles. The first-order valence-electron chi connectivity index (χ1n) is 7.18. The zero-order valence-corrected chi connectivity index (χ0v) is 12.6. The topological polar surface area (TPSA) is 32.8 Å². The SMILES string of the molecule is Cc1ccccc1CN(C)C(=O)CN1CCOC(C)C1. The average molecular weight is 276 g/mol. The predicted octanol–water partition coefficient (Wildman–Crippen LogP) is 1.67. The molecule has 0 spiro atoms. The van der Waals surface area contributed by atoms with Crippen molar-refractivity contribution in [1.29, 1.82) is 0 Å². The van der Waals surface area contributed by atoms with Crippen molar-refractivity contribution in [3.63, 3.8) is 0 Å². The summed E-state index contributed by atoms with van der Waals surface area (Å²) < 4.78 is 5.49. The highest BCUT2D eigenvalue weighted by Crippen LogP contribution is 2.10. The fourth-order valence-electron chi connectivity index (χ4n) is 2.48. The van der Waals surface area contributed by atoms with Gasteiger partial charge in [0.25, 0.3) is 0 Å². The van der Waals surface area contributed by atoms with Crippen molar-refractivity contribution in [1.82, 2.24) is 9.80 Å². The van der Waals surface area contributed by atoms with Crippen LogP contribution in [0.15, 0.2) is 24.3 Å². The van der Waals surface area contributed by atoms with Crippen molar-refractivity contribution in [3.8, 4) is 0 Å². The van der Waals surface area contributed by atoms with Crippen molar-refractivity contribution in [2.24, 2.45) is 0 Å². The highest BCUT2D eigenvalue weighted by atomic mass is 16.5. The maximum Gasteiger partial charge on any atom is 0.236 e. The number of hydrogen-bond donors (Lipinski definition) is 0. The second-order valence-electron chi connectivity index (χ2n) is 5.59. The van der Waals surface area contributed by atoms with E-state index in [1.165, 1.54) is 11.1 Å². The summed E-state index contributed by atoms with van der Waals surface area (Å²) in [6.07, 6.45) is 0.221. The molecule has 0 aliphatic carbocycles. The Hall–Kier alpha value is -1.39. The fraction of sp³-hybridized carbons (Fsp3) is 0.562. The van der Waals surface area contributed by atoms with Crippen LogP contribution < -0.4 is 0 Å². The van der Waals surface area contributed by atoms with Gasteiger partial charge in [-0.15, -0.1) is 0 Å². The molecule has 4 nitrogen and oxygen atoms in total. The summed E-state index contributed by atoms with van der Waals surface area (Å²) in [6.45, 7) is 7.68. The quantitative estimate of drug-likeness (QED) is 0.838. The van der Waals surface area contributed by atoms with E-state index in [1.54, 1.807) is 0 Å². The summed E-state index contributed by atoms with van der Waals surface area (Å²) in [5.41, 5.74) is 2.44. The van der Waals surface area contributed by atoms with E-state index >= 15 is 0 Å². The van der Waals surface area contributed by atoms with Crippen LogP contribution in [0.25, 0.3) is 0 Å². The molecule has 1 heterocycles. The molecule has 20 heavy (non-hydrogen) atoms. The lowest BCUT2D eigenvalue weighted by molar-refractivity contribution is -0.133. The number of benzene rings is 1. The highest BCUT2D eigenvalue weighted by molar-refractivity contribution is 5.78. The van der Waals surface area contributed by atoms with Gasteiger partial charge in [0.15, 0.2) is 0 Å². The zero-order chi connectivity index (χ0) is 14.5. The van der Waals surface area contributed by atoms with Crippen LogP contribution in [0.3, 0.4) is 0 Å². The van der Waals surface area contributed by atoms with Crippen molar-refractivity contribution in [2.45, 2.75) is 26.5 Å². The number of nitrogens with zero attached hydrogens (tertiary/aromatic N) is 2. The first-order chi connectivity index (χ1) is 9.56. The van der Waals surface area contributed by atoms with E-state index in [1.807, 2.05) is 31.0 Å². The number of amides is 1. The van der Waals surface area contributed by atoms with Crippen LogP contribution in [0, 0.1) is 6.92 Å². The number of likely N-dealkylation sites (N-methyl/N-ethyl adjacent to an activating group) is 1. The summed E-state index contributed by atoms with van der Waals surface area (Å²) in [4.78, 5) is 16.3. The minimum Gasteiger partial charge on any atom is -0.376 e. The molecule has 0 N–H and O–H groups in total. The summed E-state index contributed by atoms with van der Waals surface area (Å²) in [7, 11) is 1.87. The molecule has 1 fully saturated rings. The van der Waals surface area contributed by atoms with Gasteiger partial charge < -0.3 is 9.64 Å². The Morgan fingerprint density at radius 2 is 2.20 bits per heavy atom. The molecule has 1 amide bonds. The first-order valence-corrected chi connectivity index (χ1v) is 7.18. The predicted molar refractivity (Wildman–Crippen MR) is 79.5 cm³/mol. The molecule has 1 atom stereocenters. The second-order valence-corrected chi connectivity index (χ2v) is 5.59. The molecule has 1 aliphatic heterocycles. The summed E-state index contributed by atoms with van der Waals surface area (Å²) in [5, 5.41) is 0. The molecule has 110 valence electrons. The first kappa shape index (κ1) is 15.0. The Kier molecular flexibility index (Phi) is 5.15. The Labute approximate surface area is 121 Å². The molecule has 2 rings (SSSR count). The van der Waals surface area contributed by atoms with E-state index in [9.17, 15) is 4.79 Å². The van der Waals surface area contributed by atoms with E-state index in [2.05, 4.69) is 24.0 Å². The van der Waals surface area contributed by atoms with E-state index in [-0.39, 0.29) is 12.0 Å². The third-order valence-corrected chi connectivity index (χ3v) is 3.78. The number of carbonyl (C=O) groups excluding carboxylic acids is 1. The lowest BCUT2D eigenvalue weighted by Gasteiger charge is -2.31. The zero-order valence-electron chi connectivity index (χ0n) is 12.6. The number of rotatable bonds is 4. The molecule has 1 saturated heterocycles. The van der Waals surface area contributed by atoms with E-state index in [0.29, 0.717) is 13.1 Å². The second kappa shape index (κ2) is 6.86. The molecular weight excluding hydrogens is 252 g/mol. The minimum atomic E-state index is 0.169. The third kappa shape index (κ3) is 4.05. The molecule has 0 radical (unpaired) electrons. The Bertz CT molecular complexity index is 462. The Balaban J connectivity index is 1.87. The summed E-state index contributed by atoms with van der Waals surface area (Å²) in [6, 6.07) is 8.20.